The van der Waals surface area contributed by atoms with E-state index in [1.54, 1.807) is 14.1 Å². The minimum absolute atomic E-state index is 0.0580. The summed E-state index contributed by atoms with van der Waals surface area (Å²) in [6.45, 7) is -1.03. The van der Waals surface area contributed by atoms with Gasteiger partial charge in [-0.2, -0.15) is 18.3 Å². The average molecular weight is 665 g/mol. The molecule has 0 bridgehead atoms. The lowest BCUT2D eigenvalue weighted by Gasteiger charge is -2.32. The van der Waals surface area contributed by atoms with Crippen molar-refractivity contribution in [3.05, 3.63) is 71.8 Å². The molecule has 2 aromatic carbocycles. The second kappa shape index (κ2) is 11.5. The van der Waals surface area contributed by atoms with Crippen LogP contribution in [0.25, 0.3) is 11.1 Å². The smallest absolute Gasteiger partial charge is 0.347 e. The molecule has 3 aromatic rings. The molecule has 0 saturated carbocycles. The van der Waals surface area contributed by atoms with Crippen molar-refractivity contribution in [1.29, 1.82) is 0 Å². The lowest BCUT2D eigenvalue weighted by molar-refractivity contribution is -0.187. The van der Waals surface area contributed by atoms with Crippen molar-refractivity contribution < 1.29 is 45.2 Å². The fourth-order valence-corrected chi connectivity index (χ4v) is 7.27. The first kappa shape index (κ1) is 32.6. The maximum absolute atomic E-state index is 13.7. The number of amides is 5. The Kier molecular flexibility index (Phi) is 8.17. The molecule has 12 nitrogen and oxygen atoms in total. The van der Waals surface area contributed by atoms with Gasteiger partial charge in [0.25, 0.3) is 5.91 Å². The number of alkyl halides is 3. The topological polar surface area (TPSA) is 142 Å². The van der Waals surface area contributed by atoms with E-state index in [1.807, 2.05) is 0 Å². The predicted octanol–water partition coefficient (Wildman–Crippen LogP) is 2.29. The summed E-state index contributed by atoms with van der Waals surface area (Å²) >= 11 is 0. The summed E-state index contributed by atoms with van der Waals surface area (Å²) in [5.74, 6) is -4.09. The summed E-state index contributed by atoms with van der Waals surface area (Å²) in [6, 6.07) is 5.08. The molecule has 244 valence electrons. The molecule has 5 rings (SSSR count). The standard InChI is InChI=1S/C29H28F4N6O6S/c1-17(29(31,32)33)38(12-18-4-7-21(30)8-5-18)25(41)15-39-26(42)28(35-27(39)43)16-46(44,45)23-10-19(6-9-22(23)28)20-11-34-37(13-20)14-24(40)36(2)3/h4-11,13,17H,12,14-16H2,1-3H3,(H,35,43)/t17-,28?/m0/s1. The van der Waals surface area contributed by atoms with Crippen LogP contribution in [-0.2, 0) is 42.8 Å². The second-order valence-electron chi connectivity index (χ2n) is 11.3. The minimum atomic E-state index is -4.87. The highest BCUT2D eigenvalue weighted by Crippen LogP contribution is 2.43. The van der Waals surface area contributed by atoms with Crippen LogP contribution in [0.5, 0.6) is 0 Å². The van der Waals surface area contributed by atoms with Gasteiger partial charge in [-0.1, -0.05) is 24.3 Å². The molecule has 1 aromatic heterocycles. The largest absolute Gasteiger partial charge is 0.408 e. The molecule has 2 aliphatic heterocycles. The van der Waals surface area contributed by atoms with Gasteiger partial charge in [0.1, 0.15) is 24.9 Å². The summed E-state index contributed by atoms with van der Waals surface area (Å²) in [7, 11) is -1.01. The van der Waals surface area contributed by atoms with Crippen molar-refractivity contribution in [1.82, 2.24) is 29.8 Å². The SMILES string of the molecule is C[C@H](N(Cc1ccc(F)cc1)C(=O)CN1C(=O)NC2(CS(=O)(=O)c3cc(-c4cnn(CC(=O)N(C)C)c4)ccc32)C1=O)C(F)(F)F. The minimum Gasteiger partial charge on any atom is -0.347 e. The number of sulfone groups is 1. The number of fused-ring (bicyclic) bond motifs is 2. The highest BCUT2D eigenvalue weighted by atomic mass is 32.2. The summed E-state index contributed by atoms with van der Waals surface area (Å²) in [6.07, 6.45) is -1.91. The molecule has 1 spiro atoms. The lowest BCUT2D eigenvalue weighted by atomic mass is 9.91. The van der Waals surface area contributed by atoms with Crippen molar-refractivity contribution in [2.75, 3.05) is 26.4 Å². The zero-order chi connectivity index (χ0) is 33.8. The second-order valence-corrected chi connectivity index (χ2v) is 13.2. The Hall–Kier alpha value is -4.80. The number of nitrogens with one attached hydrogen (secondary N) is 1. The lowest BCUT2D eigenvalue weighted by Crippen LogP contribution is -2.51. The molecule has 0 aliphatic carbocycles. The molecule has 46 heavy (non-hydrogen) atoms. The number of benzene rings is 2. The number of halogens is 4. The van der Waals surface area contributed by atoms with Crippen LogP contribution >= 0.6 is 0 Å². The fourth-order valence-electron chi connectivity index (χ4n) is 5.31. The Morgan fingerprint density at radius 2 is 1.72 bits per heavy atom. The summed E-state index contributed by atoms with van der Waals surface area (Å²) in [4.78, 5) is 54.0. The number of nitrogens with zero attached hydrogens (tertiary/aromatic N) is 5. The van der Waals surface area contributed by atoms with E-state index in [0.29, 0.717) is 20.9 Å². The molecular formula is C29H28F4N6O6S. The fraction of sp³-hybridized carbons (Fsp3) is 0.345. The first-order valence-corrected chi connectivity index (χ1v) is 15.4. The normalized spacial score (nSPS) is 19.2. The number of hydrogen-bond acceptors (Lipinski definition) is 7. The summed E-state index contributed by atoms with van der Waals surface area (Å²) in [5, 5.41) is 6.49. The van der Waals surface area contributed by atoms with Crippen LogP contribution in [0.2, 0.25) is 0 Å². The van der Waals surface area contributed by atoms with E-state index in [0.717, 1.165) is 19.1 Å². The van der Waals surface area contributed by atoms with Gasteiger partial charge >= 0.3 is 12.2 Å². The third kappa shape index (κ3) is 5.93. The zero-order valence-electron chi connectivity index (χ0n) is 24.7. The third-order valence-electron chi connectivity index (χ3n) is 7.94. The molecule has 1 unspecified atom stereocenters. The van der Waals surface area contributed by atoms with Gasteiger partial charge in [-0.05, 0) is 36.2 Å². The molecule has 1 saturated heterocycles. The Labute approximate surface area is 260 Å². The molecular weight excluding hydrogens is 636 g/mol. The van der Waals surface area contributed by atoms with Gasteiger partial charge < -0.3 is 15.1 Å². The van der Waals surface area contributed by atoms with E-state index in [2.05, 4.69) is 10.4 Å². The van der Waals surface area contributed by atoms with Gasteiger partial charge in [0, 0.05) is 38.0 Å². The van der Waals surface area contributed by atoms with Crippen LogP contribution < -0.4 is 5.32 Å². The van der Waals surface area contributed by atoms with Crippen LogP contribution in [0.1, 0.15) is 18.1 Å². The number of hydrogen-bond donors (Lipinski definition) is 1. The highest BCUT2D eigenvalue weighted by molar-refractivity contribution is 7.92. The van der Waals surface area contributed by atoms with E-state index in [4.69, 9.17) is 0 Å². The Bertz CT molecular complexity index is 1840. The van der Waals surface area contributed by atoms with Crippen molar-refractivity contribution in [2.24, 2.45) is 0 Å². The monoisotopic (exact) mass is 664 g/mol. The zero-order valence-corrected chi connectivity index (χ0v) is 25.5. The van der Waals surface area contributed by atoms with Crippen molar-refractivity contribution >= 4 is 33.6 Å². The van der Waals surface area contributed by atoms with Gasteiger partial charge in [0.2, 0.25) is 11.8 Å². The predicted molar refractivity (Wildman–Crippen MR) is 153 cm³/mol. The van der Waals surface area contributed by atoms with Gasteiger partial charge in [0.05, 0.1) is 16.8 Å². The van der Waals surface area contributed by atoms with Crippen molar-refractivity contribution in [3.63, 3.8) is 0 Å². The Balaban J connectivity index is 1.42. The molecule has 1 fully saturated rings. The van der Waals surface area contributed by atoms with Crippen LogP contribution in [0.4, 0.5) is 22.4 Å². The van der Waals surface area contributed by atoms with Crippen molar-refractivity contribution in [2.45, 2.75) is 42.7 Å². The molecule has 17 heteroatoms. The molecule has 0 radical (unpaired) electrons. The summed E-state index contributed by atoms with van der Waals surface area (Å²) in [5.41, 5.74) is -1.14. The number of carbonyl (C=O) groups excluding carboxylic acids is 4. The third-order valence-corrected chi connectivity index (χ3v) is 9.76. The number of aromatic nitrogens is 2. The molecule has 2 atom stereocenters. The van der Waals surface area contributed by atoms with Crippen LogP contribution in [0.15, 0.2) is 59.8 Å². The molecule has 5 amide bonds. The maximum atomic E-state index is 13.7. The summed E-state index contributed by atoms with van der Waals surface area (Å²) < 4.78 is 82.5. The van der Waals surface area contributed by atoms with Gasteiger partial charge in [-0.15, -0.1) is 0 Å². The Morgan fingerprint density at radius 1 is 1.04 bits per heavy atom. The number of imide groups is 1. The molecule has 2 aliphatic rings. The van der Waals surface area contributed by atoms with Crippen molar-refractivity contribution in [3.8, 4) is 11.1 Å². The van der Waals surface area contributed by atoms with E-state index < -0.39 is 70.1 Å². The number of urea groups is 1. The van der Waals surface area contributed by atoms with E-state index in [1.165, 1.54) is 52.3 Å². The average Bonchev–Trinajstić information content (AvgIpc) is 3.60. The number of likely N-dealkylation sites (N-methyl/N-ethyl adjacent to an activating group) is 1. The van der Waals surface area contributed by atoms with Gasteiger partial charge in [-0.3, -0.25) is 24.0 Å². The Morgan fingerprint density at radius 3 is 2.35 bits per heavy atom. The molecule has 1 N–H and O–H groups in total. The quantitative estimate of drug-likeness (QED) is 0.288. The van der Waals surface area contributed by atoms with Gasteiger partial charge in [-0.25, -0.2) is 17.6 Å². The van der Waals surface area contributed by atoms with Crippen LogP contribution in [0, 0.1) is 5.82 Å². The van der Waals surface area contributed by atoms with Crippen LogP contribution in [-0.4, -0.2) is 95.3 Å². The van der Waals surface area contributed by atoms with E-state index in [-0.39, 0.29) is 28.5 Å². The van der Waals surface area contributed by atoms with E-state index in [9.17, 15) is 45.2 Å². The van der Waals surface area contributed by atoms with E-state index >= 15 is 0 Å². The first-order valence-electron chi connectivity index (χ1n) is 13.8. The number of carbonyl (C=O) groups is 4. The number of rotatable bonds is 8. The highest BCUT2D eigenvalue weighted by Gasteiger charge is 2.60. The first-order chi connectivity index (χ1) is 21.4. The van der Waals surface area contributed by atoms with Crippen LogP contribution in [0.3, 0.4) is 0 Å². The molecule has 3 heterocycles. The maximum Gasteiger partial charge on any atom is 0.408 e. The van der Waals surface area contributed by atoms with Gasteiger partial charge in [0.15, 0.2) is 15.4 Å².